The molecule has 0 aliphatic carbocycles. The average molecular weight is 339 g/mol. The van der Waals surface area contributed by atoms with Gasteiger partial charge in [-0.15, -0.1) is 0 Å². The zero-order chi connectivity index (χ0) is 16.9. The molecule has 0 radical (unpaired) electrons. The smallest absolute Gasteiger partial charge is 0.242 e. The highest BCUT2D eigenvalue weighted by Gasteiger charge is 2.32. The highest BCUT2D eigenvalue weighted by molar-refractivity contribution is 5.85. The van der Waals surface area contributed by atoms with Crippen molar-refractivity contribution in [3.8, 4) is 0 Å². The third kappa shape index (κ3) is 4.46. The van der Waals surface area contributed by atoms with Crippen LogP contribution in [0.15, 0.2) is 0 Å². The van der Waals surface area contributed by atoms with Crippen LogP contribution in [0.5, 0.6) is 0 Å². The molecule has 0 spiro atoms. The van der Waals surface area contributed by atoms with Crippen molar-refractivity contribution in [3.63, 3.8) is 0 Å². The Balaban J connectivity index is 1.55. The lowest BCUT2D eigenvalue weighted by molar-refractivity contribution is -0.140. The maximum atomic E-state index is 12.6. The minimum Gasteiger partial charge on any atom is -0.396 e. The lowest BCUT2D eigenvalue weighted by atomic mass is 9.89. The molecule has 0 saturated carbocycles. The lowest BCUT2D eigenvalue weighted by Crippen LogP contribution is -2.51. The minimum atomic E-state index is 0.0235. The van der Waals surface area contributed by atoms with Crippen LogP contribution in [0.2, 0.25) is 0 Å². The molecule has 3 saturated heterocycles. The fourth-order valence-electron chi connectivity index (χ4n) is 4.07. The highest BCUT2D eigenvalue weighted by atomic mass is 16.5. The number of likely N-dealkylation sites (tertiary alicyclic amines) is 2. The van der Waals surface area contributed by atoms with Crippen molar-refractivity contribution in [2.75, 3.05) is 65.6 Å². The first-order valence-corrected chi connectivity index (χ1v) is 9.12. The molecule has 2 amide bonds. The average Bonchev–Trinajstić information content (AvgIpc) is 3.00. The summed E-state index contributed by atoms with van der Waals surface area (Å²) < 4.78 is 5.39. The number of ether oxygens (including phenoxy) is 1. The molecule has 7 nitrogen and oxygen atoms in total. The van der Waals surface area contributed by atoms with E-state index in [2.05, 4.69) is 4.90 Å². The molecule has 136 valence electrons. The molecular weight excluding hydrogens is 310 g/mol. The molecule has 3 heterocycles. The Kier molecular flexibility index (Phi) is 6.08. The van der Waals surface area contributed by atoms with Crippen molar-refractivity contribution >= 4 is 11.8 Å². The monoisotopic (exact) mass is 339 g/mol. The minimum absolute atomic E-state index is 0.0235. The zero-order valence-electron chi connectivity index (χ0n) is 14.4. The summed E-state index contributed by atoms with van der Waals surface area (Å²) in [6.07, 6.45) is 2.37. The van der Waals surface area contributed by atoms with Gasteiger partial charge >= 0.3 is 0 Å². The molecule has 3 aliphatic rings. The van der Waals surface area contributed by atoms with Crippen LogP contribution < -0.4 is 0 Å². The fourth-order valence-corrected chi connectivity index (χ4v) is 4.07. The van der Waals surface area contributed by atoms with Crippen LogP contribution >= 0.6 is 0 Å². The molecule has 3 rings (SSSR count). The standard InChI is InChI=1S/C17H29N3O4/c21-13-15-8-14(9-18-4-6-24-7-5-18)10-20(11-15)17(23)12-19-3-1-2-16(19)22/h14-15,21H,1-13H2/t14-,15+/m1/s1. The number of aliphatic hydroxyl groups is 1. The van der Waals surface area contributed by atoms with Gasteiger partial charge in [-0.25, -0.2) is 0 Å². The SMILES string of the molecule is O=C1CCCN1CC(=O)N1C[C@@H](CN2CCOCC2)C[C@H](CO)C1. The van der Waals surface area contributed by atoms with Crippen LogP contribution in [0.3, 0.4) is 0 Å². The highest BCUT2D eigenvalue weighted by Crippen LogP contribution is 2.23. The van der Waals surface area contributed by atoms with Gasteiger partial charge in [-0.2, -0.15) is 0 Å². The first kappa shape index (κ1) is 17.6. The van der Waals surface area contributed by atoms with E-state index in [1.807, 2.05) is 4.90 Å². The molecule has 7 heteroatoms. The van der Waals surface area contributed by atoms with Crippen molar-refractivity contribution in [2.24, 2.45) is 11.8 Å². The number of hydrogen-bond donors (Lipinski definition) is 1. The first-order valence-electron chi connectivity index (χ1n) is 9.12. The molecule has 2 atom stereocenters. The second-order valence-electron chi connectivity index (χ2n) is 7.28. The Labute approximate surface area is 143 Å². The number of hydrogen-bond acceptors (Lipinski definition) is 5. The molecule has 0 aromatic carbocycles. The van der Waals surface area contributed by atoms with Gasteiger partial charge in [-0.05, 0) is 24.7 Å². The number of piperidine rings is 1. The van der Waals surface area contributed by atoms with E-state index in [-0.39, 0.29) is 30.9 Å². The number of carbonyl (C=O) groups excluding carboxylic acids is 2. The molecule has 0 bridgehead atoms. The third-order valence-electron chi connectivity index (χ3n) is 5.35. The fraction of sp³-hybridized carbons (Fsp3) is 0.882. The second-order valence-corrected chi connectivity index (χ2v) is 7.28. The van der Waals surface area contributed by atoms with Crippen LogP contribution in [-0.4, -0.2) is 97.3 Å². The molecular formula is C17H29N3O4. The maximum absolute atomic E-state index is 12.6. The summed E-state index contributed by atoms with van der Waals surface area (Å²) in [5, 5.41) is 9.60. The lowest BCUT2D eigenvalue weighted by Gasteiger charge is -2.40. The van der Waals surface area contributed by atoms with Crippen molar-refractivity contribution in [3.05, 3.63) is 0 Å². The summed E-state index contributed by atoms with van der Waals surface area (Å²) >= 11 is 0. The van der Waals surface area contributed by atoms with Gasteiger partial charge in [-0.3, -0.25) is 14.5 Å². The van der Waals surface area contributed by atoms with Crippen LogP contribution in [0, 0.1) is 11.8 Å². The summed E-state index contributed by atoms with van der Waals surface area (Å²) in [5.74, 6) is 0.634. The van der Waals surface area contributed by atoms with Crippen LogP contribution in [-0.2, 0) is 14.3 Å². The van der Waals surface area contributed by atoms with E-state index in [4.69, 9.17) is 4.74 Å². The molecule has 0 aromatic rings. The topological polar surface area (TPSA) is 73.3 Å². The largest absolute Gasteiger partial charge is 0.396 e. The van der Waals surface area contributed by atoms with Crippen molar-refractivity contribution in [1.29, 1.82) is 0 Å². The molecule has 3 fully saturated rings. The van der Waals surface area contributed by atoms with E-state index in [0.29, 0.717) is 25.4 Å². The van der Waals surface area contributed by atoms with Crippen LogP contribution in [0.1, 0.15) is 19.3 Å². The van der Waals surface area contributed by atoms with Gasteiger partial charge in [0.15, 0.2) is 0 Å². The van der Waals surface area contributed by atoms with Crippen molar-refractivity contribution in [2.45, 2.75) is 19.3 Å². The van der Waals surface area contributed by atoms with E-state index in [9.17, 15) is 14.7 Å². The third-order valence-corrected chi connectivity index (χ3v) is 5.35. The first-order chi connectivity index (χ1) is 11.7. The van der Waals surface area contributed by atoms with Crippen molar-refractivity contribution < 1.29 is 19.4 Å². The van der Waals surface area contributed by atoms with E-state index >= 15 is 0 Å². The zero-order valence-corrected chi connectivity index (χ0v) is 14.4. The van der Waals surface area contributed by atoms with Crippen LogP contribution in [0.4, 0.5) is 0 Å². The predicted octanol–water partition coefficient (Wildman–Crippen LogP) is -0.602. The van der Waals surface area contributed by atoms with Crippen molar-refractivity contribution in [1.82, 2.24) is 14.7 Å². The maximum Gasteiger partial charge on any atom is 0.242 e. The molecule has 24 heavy (non-hydrogen) atoms. The number of rotatable bonds is 5. The molecule has 3 aliphatic heterocycles. The van der Waals surface area contributed by atoms with Gasteiger partial charge in [0.05, 0.1) is 19.8 Å². The summed E-state index contributed by atoms with van der Waals surface area (Å²) in [6, 6.07) is 0. The van der Waals surface area contributed by atoms with E-state index in [1.54, 1.807) is 4.90 Å². The normalized spacial score (nSPS) is 29.3. The number of aliphatic hydroxyl groups excluding tert-OH is 1. The molecule has 0 aromatic heterocycles. The molecule has 1 N–H and O–H groups in total. The summed E-state index contributed by atoms with van der Waals surface area (Å²) in [5.41, 5.74) is 0. The van der Waals surface area contributed by atoms with Gasteiger partial charge in [0, 0.05) is 52.3 Å². The quantitative estimate of drug-likeness (QED) is 0.724. The summed E-state index contributed by atoms with van der Waals surface area (Å²) in [6.45, 7) is 6.73. The van der Waals surface area contributed by atoms with Gasteiger partial charge < -0.3 is 19.6 Å². The summed E-state index contributed by atoms with van der Waals surface area (Å²) in [4.78, 5) is 30.3. The Bertz CT molecular complexity index is 453. The molecule has 0 unspecified atom stereocenters. The van der Waals surface area contributed by atoms with E-state index in [0.717, 1.165) is 52.2 Å². The Morgan fingerprint density at radius 2 is 1.92 bits per heavy atom. The number of carbonyl (C=O) groups is 2. The number of amides is 2. The number of morpholine rings is 1. The van der Waals surface area contributed by atoms with Crippen LogP contribution in [0.25, 0.3) is 0 Å². The Hall–Kier alpha value is -1.18. The van der Waals surface area contributed by atoms with E-state index in [1.165, 1.54) is 0 Å². The van der Waals surface area contributed by atoms with Gasteiger partial charge in [0.25, 0.3) is 0 Å². The Morgan fingerprint density at radius 1 is 1.17 bits per heavy atom. The van der Waals surface area contributed by atoms with Gasteiger partial charge in [0.1, 0.15) is 0 Å². The predicted molar refractivity (Wildman–Crippen MR) is 88.3 cm³/mol. The van der Waals surface area contributed by atoms with E-state index < -0.39 is 0 Å². The second kappa shape index (κ2) is 8.27. The van der Waals surface area contributed by atoms with Gasteiger partial charge in [-0.1, -0.05) is 0 Å². The Morgan fingerprint density at radius 3 is 2.58 bits per heavy atom. The summed E-state index contributed by atoms with van der Waals surface area (Å²) in [7, 11) is 0. The van der Waals surface area contributed by atoms with Gasteiger partial charge in [0.2, 0.25) is 11.8 Å². The number of nitrogens with zero attached hydrogens (tertiary/aromatic N) is 3.